The normalized spacial score (nSPS) is 10.9. The number of fused-ring (bicyclic) bond motifs is 1. The number of phenols is 1. The summed E-state index contributed by atoms with van der Waals surface area (Å²) < 4.78 is 1.08. The number of rotatable bonds is 3. The molecule has 3 nitrogen and oxygen atoms in total. The topological polar surface area (TPSA) is 45.1 Å². The highest BCUT2D eigenvalue weighted by Crippen LogP contribution is 2.33. The van der Waals surface area contributed by atoms with Gasteiger partial charge in [-0.15, -0.1) is 11.3 Å². The van der Waals surface area contributed by atoms with E-state index in [1.807, 2.05) is 18.2 Å². The molecular formula is C14H10Cl2N2OS. The molecule has 0 spiro atoms. The van der Waals surface area contributed by atoms with Gasteiger partial charge in [-0.25, -0.2) is 4.98 Å². The summed E-state index contributed by atoms with van der Waals surface area (Å²) in [5.74, 6) is 0.0788. The number of thiazole rings is 1. The molecule has 0 aliphatic rings. The highest BCUT2D eigenvalue weighted by Gasteiger charge is 2.09. The van der Waals surface area contributed by atoms with Crippen LogP contribution in [-0.4, -0.2) is 10.1 Å². The van der Waals surface area contributed by atoms with Crippen LogP contribution in [0.4, 0.5) is 5.69 Å². The highest BCUT2D eigenvalue weighted by molar-refractivity contribution is 7.16. The van der Waals surface area contributed by atoms with Gasteiger partial charge in [-0.05, 0) is 29.8 Å². The van der Waals surface area contributed by atoms with Crippen molar-refractivity contribution < 1.29 is 5.11 Å². The van der Waals surface area contributed by atoms with Crippen LogP contribution in [0.2, 0.25) is 10.0 Å². The Hall–Kier alpha value is -1.49. The third-order valence-electron chi connectivity index (χ3n) is 2.93. The van der Waals surface area contributed by atoms with Gasteiger partial charge < -0.3 is 10.4 Å². The molecule has 0 saturated heterocycles. The fourth-order valence-electron chi connectivity index (χ4n) is 1.93. The van der Waals surface area contributed by atoms with Crippen LogP contribution in [-0.2, 0) is 6.54 Å². The fourth-order valence-corrected chi connectivity index (χ4v) is 3.03. The molecule has 2 N–H and O–H groups in total. The van der Waals surface area contributed by atoms with Gasteiger partial charge in [-0.3, -0.25) is 0 Å². The molecule has 3 aromatic rings. The van der Waals surface area contributed by atoms with E-state index >= 15 is 0 Å². The van der Waals surface area contributed by atoms with Crippen LogP contribution in [0.5, 0.6) is 5.75 Å². The molecule has 0 aliphatic carbocycles. The summed E-state index contributed by atoms with van der Waals surface area (Å²) in [4.78, 5) is 4.33. The van der Waals surface area contributed by atoms with Gasteiger partial charge in [-0.1, -0.05) is 29.3 Å². The zero-order chi connectivity index (χ0) is 14.1. The second-order valence-electron chi connectivity index (χ2n) is 4.26. The highest BCUT2D eigenvalue weighted by atomic mass is 35.5. The predicted octanol–water partition coefficient (Wildman–Crippen LogP) is 4.92. The molecule has 0 atom stereocenters. The fraction of sp³-hybridized carbons (Fsp3) is 0.0714. The lowest BCUT2D eigenvalue weighted by Gasteiger charge is -2.10. The second kappa shape index (κ2) is 5.48. The summed E-state index contributed by atoms with van der Waals surface area (Å²) in [5.41, 5.74) is 4.43. The van der Waals surface area contributed by atoms with Crippen LogP contribution < -0.4 is 5.32 Å². The first kappa shape index (κ1) is 13.5. The Morgan fingerprint density at radius 2 is 2.00 bits per heavy atom. The Labute approximate surface area is 129 Å². The number of nitrogens with zero attached hydrogens (tertiary/aromatic N) is 1. The number of hydrogen-bond donors (Lipinski definition) is 2. The lowest BCUT2D eigenvalue weighted by atomic mass is 10.2. The van der Waals surface area contributed by atoms with Crippen LogP contribution >= 0.6 is 34.5 Å². The molecule has 1 aromatic heterocycles. The molecule has 0 unspecified atom stereocenters. The van der Waals surface area contributed by atoms with E-state index in [4.69, 9.17) is 23.2 Å². The van der Waals surface area contributed by atoms with E-state index in [9.17, 15) is 5.11 Å². The summed E-state index contributed by atoms with van der Waals surface area (Å²) >= 11 is 13.7. The summed E-state index contributed by atoms with van der Waals surface area (Å²) in [6, 6.07) is 8.92. The third kappa shape index (κ3) is 2.54. The van der Waals surface area contributed by atoms with Crippen molar-refractivity contribution in [1.82, 2.24) is 4.98 Å². The van der Waals surface area contributed by atoms with E-state index < -0.39 is 0 Å². The van der Waals surface area contributed by atoms with Crippen molar-refractivity contribution in [3.8, 4) is 5.75 Å². The van der Waals surface area contributed by atoms with Crippen molar-refractivity contribution in [2.24, 2.45) is 0 Å². The van der Waals surface area contributed by atoms with Crippen LogP contribution in [0.15, 0.2) is 35.8 Å². The summed E-state index contributed by atoms with van der Waals surface area (Å²) in [5, 5.41) is 13.6. The zero-order valence-corrected chi connectivity index (χ0v) is 12.6. The van der Waals surface area contributed by atoms with E-state index in [0.717, 1.165) is 21.5 Å². The predicted molar refractivity (Wildman–Crippen MR) is 85.1 cm³/mol. The van der Waals surface area contributed by atoms with Crippen LogP contribution in [0.3, 0.4) is 0 Å². The minimum Gasteiger partial charge on any atom is -0.506 e. The van der Waals surface area contributed by atoms with Gasteiger partial charge in [0.1, 0.15) is 11.3 Å². The van der Waals surface area contributed by atoms with Crippen LogP contribution in [0, 0.1) is 0 Å². The van der Waals surface area contributed by atoms with E-state index in [1.165, 1.54) is 0 Å². The Kier molecular flexibility index (Phi) is 3.70. The average Bonchev–Trinajstić information content (AvgIpc) is 2.90. The largest absolute Gasteiger partial charge is 0.506 e. The number of anilines is 1. The SMILES string of the molecule is Oc1ccc(CNc2c(Cl)ccc3scnc23)cc1Cl. The maximum absolute atomic E-state index is 9.40. The molecule has 3 rings (SSSR count). The van der Waals surface area contributed by atoms with E-state index in [0.29, 0.717) is 16.6 Å². The maximum atomic E-state index is 9.40. The molecule has 102 valence electrons. The summed E-state index contributed by atoms with van der Waals surface area (Å²) in [6.07, 6.45) is 0. The molecule has 0 bridgehead atoms. The molecule has 0 aliphatic heterocycles. The molecule has 0 radical (unpaired) electrons. The molecule has 2 aromatic carbocycles. The molecule has 1 heterocycles. The van der Waals surface area contributed by atoms with Crippen LogP contribution in [0.1, 0.15) is 5.56 Å². The van der Waals surface area contributed by atoms with Crippen molar-refractivity contribution in [3.05, 3.63) is 51.5 Å². The van der Waals surface area contributed by atoms with Gasteiger partial charge in [0.05, 0.1) is 25.9 Å². The molecular weight excluding hydrogens is 315 g/mol. The van der Waals surface area contributed by atoms with E-state index in [-0.39, 0.29) is 5.75 Å². The van der Waals surface area contributed by atoms with Gasteiger partial charge in [0.2, 0.25) is 0 Å². The number of aromatic nitrogens is 1. The number of aromatic hydroxyl groups is 1. The first-order chi connectivity index (χ1) is 9.65. The van der Waals surface area contributed by atoms with Gasteiger partial charge in [-0.2, -0.15) is 0 Å². The number of halogens is 2. The van der Waals surface area contributed by atoms with Crippen molar-refractivity contribution in [2.45, 2.75) is 6.54 Å². The molecule has 0 saturated carbocycles. The Bertz CT molecular complexity index is 773. The first-order valence-electron chi connectivity index (χ1n) is 5.88. The molecule has 0 amide bonds. The van der Waals surface area contributed by atoms with Gasteiger partial charge in [0.15, 0.2) is 0 Å². The zero-order valence-electron chi connectivity index (χ0n) is 10.2. The van der Waals surface area contributed by atoms with Crippen molar-refractivity contribution in [1.29, 1.82) is 0 Å². The smallest absolute Gasteiger partial charge is 0.134 e. The van der Waals surface area contributed by atoms with Gasteiger partial charge >= 0.3 is 0 Å². The minimum absolute atomic E-state index is 0.0788. The summed E-state index contributed by atoms with van der Waals surface area (Å²) in [7, 11) is 0. The lowest BCUT2D eigenvalue weighted by molar-refractivity contribution is 0.475. The van der Waals surface area contributed by atoms with E-state index in [2.05, 4.69) is 10.3 Å². The number of benzene rings is 2. The second-order valence-corrected chi connectivity index (χ2v) is 5.96. The monoisotopic (exact) mass is 324 g/mol. The third-order valence-corrected chi connectivity index (χ3v) is 4.34. The molecule has 20 heavy (non-hydrogen) atoms. The minimum atomic E-state index is 0.0788. The molecule has 0 fully saturated rings. The number of nitrogens with one attached hydrogen (secondary N) is 1. The first-order valence-corrected chi connectivity index (χ1v) is 7.51. The summed E-state index contributed by atoms with van der Waals surface area (Å²) in [6.45, 7) is 0.552. The van der Waals surface area contributed by atoms with Gasteiger partial charge in [0, 0.05) is 6.54 Å². The molecule has 6 heteroatoms. The van der Waals surface area contributed by atoms with Crippen molar-refractivity contribution >= 4 is 50.4 Å². The average molecular weight is 325 g/mol. The van der Waals surface area contributed by atoms with Gasteiger partial charge in [0.25, 0.3) is 0 Å². The number of hydrogen-bond acceptors (Lipinski definition) is 4. The van der Waals surface area contributed by atoms with Crippen molar-refractivity contribution in [2.75, 3.05) is 5.32 Å². The standard InChI is InChI=1S/C14H10Cl2N2OS/c15-9-2-4-12-14(18-7-20-12)13(9)17-6-8-1-3-11(19)10(16)5-8/h1-5,7,17,19H,6H2. The van der Waals surface area contributed by atoms with E-state index in [1.54, 1.807) is 29.0 Å². The van der Waals surface area contributed by atoms with Crippen LogP contribution in [0.25, 0.3) is 10.2 Å². The van der Waals surface area contributed by atoms with Crippen molar-refractivity contribution in [3.63, 3.8) is 0 Å². The number of phenolic OH excluding ortho intramolecular Hbond substituents is 1. The Morgan fingerprint density at radius 3 is 2.80 bits per heavy atom. The Morgan fingerprint density at radius 1 is 1.15 bits per heavy atom. The quantitative estimate of drug-likeness (QED) is 0.718. The Balaban J connectivity index is 1.88. The lowest BCUT2D eigenvalue weighted by Crippen LogP contribution is -2.00. The maximum Gasteiger partial charge on any atom is 0.134 e.